The molecule has 0 aliphatic carbocycles. The summed E-state index contributed by atoms with van der Waals surface area (Å²) in [6.45, 7) is 0.508. The zero-order valence-electron chi connectivity index (χ0n) is 14.3. The van der Waals surface area contributed by atoms with Crippen molar-refractivity contribution in [3.63, 3.8) is 0 Å². The average molecular weight is 366 g/mol. The number of benzene rings is 1. The van der Waals surface area contributed by atoms with Crippen LogP contribution in [0, 0.1) is 0 Å². The van der Waals surface area contributed by atoms with Gasteiger partial charge in [0.25, 0.3) is 0 Å². The highest BCUT2D eigenvalue weighted by atomic mass is 35.5. The van der Waals surface area contributed by atoms with Crippen LogP contribution >= 0.6 is 12.4 Å². The Balaban J connectivity index is 0.00000196. The first-order chi connectivity index (χ1) is 12.4. The monoisotopic (exact) mass is 365 g/mol. The van der Waals surface area contributed by atoms with Gasteiger partial charge in [-0.2, -0.15) is 0 Å². The lowest BCUT2D eigenvalue weighted by Gasteiger charge is -2.07. The van der Waals surface area contributed by atoms with Crippen LogP contribution in [0.3, 0.4) is 0 Å². The molecule has 4 rings (SSSR count). The number of furan rings is 1. The molecule has 0 amide bonds. The van der Waals surface area contributed by atoms with Gasteiger partial charge in [-0.1, -0.05) is 36.4 Å². The fourth-order valence-corrected chi connectivity index (χ4v) is 2.90. The van der Waals surface area contributed by atoms with Crippen LogP contribution in [0.5, 0.6) is 0 Å². The van der Waals surface area contributed by atoms with Gasteiger partial charge in [-0.3, -0.25) is 14.4 Å². The third-order valence-corrected chi connectivity index (χ3v) is 4.19. The molecule has 132 valence electrons. The summed E-state index contributed by atoms with van der Waals surface area (Å²) < 4.78 is 7.51. The molecule has 5 heteroatoms. The molecule has 0 spiro atoms. The molecule has 4 aromatic rings. The summed E-state index contributed by atoms with van der Waals surface area (Å²) in [7, 11) is 0. The molecule has 0 saturated heterocycles. The zero-order valence-corrected chi connectivity index (χ0v) is 15.1. The molecular weight excluding hydrogens is 346 g/mol. The molecule has 0 unspecified atom stereocenters. The van der Waals surface area contributed by atoms with Crippen molar-refractivity contribution in [3.8, 4) is 0 Å². The van der Waals surface area contributed by atoms with Crippen molar-refractivity contribution < 1.29 is 4.42 Å². The van der Waals surface area contributed by atoms with E-state index in [-0.39, 0.29) is 12.4 Å². The number of nitrogens with zero attached hydrogens (tertiary/aromatic N) is 3. The minimum atomic E-state index is 0. The van der Waals surface area contributed by atoms with E-state index in [2.05, 4.69) is 33.7 Å². The van der Waals surface area contributed by atoms with E-state index in [1.54, 1.807) is 6.26 Å². The van der Waals surface area contributed by atoms with Crippen molar-refractivity contribution in [2.75, 3.05) is 0 Å². The molecule has 4 nitrogen and oxygen atoms in total. The van der Waals surface area contributed by atoms with Crippen molar-refractivity contribution in [1.82, 2.24) is 9.38 Å². The normalized spacial score (nSPS) is 11.5. The van der Waals surface area contributed by atoms with E-state index in [1.807, 2.05) is 48.8 Å². The average Bonchev–Trinajstić information content (AvgIpc) is 3.19. The Kier molecular flexibility index (Phi) is 5.87. The largest absolute Gasteiger partial charge is 0.467 e. The van der Waals surface area contributed by atoms with Gasteiger partial charge in [0.2, 0.25) is 0 Å². The molecule has 0 N–H and O–H groups in total. The Morgan fingerprint density at radius 3 is 2.58 bits per heavy atom. The van der Waals surface area contributed by atoms with Gasteiger partial charge in [0, 0.05) is 6.20 Å². The van der Waals surface area contributed by atoms with Gasteiger partial charge in [-0.15, -0.1) is 12.4 Å². The van der Waals surface area contributed by atoms with E-state index < -0.39 is 0 Å². The molecule has 0 aliphatic rings. The molecule has 0 saturated carbocycles. The molecule has 0 radical (unpaired) electrons. The third-order valence-electron chi connectivity index (χ3n) is 4.19. The predicted molar refractivity (Wildman–Crippen MR) is 104 cm³/mol. The van der Waals surface area contributed by atoms with Gasteiger partial charge in [-0.25, -0.2) is 0 Å². The standard InChI is InChI=1S/C21H19N3O.ClH/c1-2-7-17(8-3-1)11-12-20-21(23-16-19-10-6-14-25-19)24-13-5-4-9-18(24)15-22-20;/h1-10,13-15H,11-12,16H2;1H. The van der Waals surface area contributed by atoms with Gasteiger partial charge in [0.1, 0.15) is 5.76 Å². The summed E-state index contributed by atoms with van der Waals surface area (Å²) >= 11 is 0. The molecule has 0 bridgehead atoms. The Labute approximate surface area is 158 Å². The van der Waals surface area contributed by atoms with E-state index in [4.69, 9.17) is 9.41 Å². The summed E-state index contributed by atoms with van der Waals surface area (Å²) in [5.41, 5.74) is 4.23. The summed E-state index contributed by atoms with van der Waals surface area (Å²) in [6.07, 6.45) is 7.40. The van der Waals surface area contributed by atoms with E-state index >= 15 is 0 Å². The highest BCUT2D eigenvalue weighted by Gasteiger charge is 2.05. The second kappa shape index (κ2) is 8.50. The molecule has 0 aliphatic heterocycles. The number of aromatic nitrogens is 2. The zero-order chi connectivity index (χ0) is 16.9. The first-order valence-corrected chi connectivity index (χ1v) is 8.42. The predicted octanol–water partition coefficient (Wildman–Crippen LogP) is 4.24. The lowest BCUT2D eigenvalue weighted by molar-refractivity contribution is 0.509. The second-order valence-electron chi connectivity index (χ2n) is 5.91. The number of rotatable bonds is 5. The van der Waals surface area contributed by atoms with Crippen molar-refractivity contribution in [2.24, 2.45) is 4.99 Å². The Hall–Kier alpha value is -2.85. The van der Waals surface area contributed by atoms with Gasteiger partial charge in [0.05, 0.1) is 30.2 Å². The van der Waals surface area contributed by atoms with Crippen LogP contribution in [0.2, 0.25) is 0 Å². The highest BCUT2D eigenvalue weighted by Crippen LogP contribution is 2.06. The van der Waals surface area contributed by atoms with Gasteiger partial charge < -0.3 is 4.42 Å². The minimum Gasteiger partial charge on any atom is -0.467 e. The molecule has 26 heavy (non-hydrogen) atoms. The lowest BCUT2D eigenvalue weighted by Crippen LogP contribution is -2.22. The second-order valence-corrected chi connectivity index (χ2v) is 5.91. The van der Waals surface area contributed by atoms with Crippen molar-refractivity contribution in [2.45, 2.75) is 19.4 Å². The Bertz CT molecular complexity index is 1020. The van der Waals surface area contributed by atoms with Crippen LogP contribution in [0.4, 0.5) is 0 Å². The first-order valence-electron chi connectivity index (χ1n) is 8.42. The van der Waals surface area contributed by atoms with Crippen LogP contribution in [0.1, 0.15) is 17.0 Å². The van der Waals surface area contributed by atoms with Crippen LogP contribution < -0.4 is 5.49 Å². The van der Waals surface area contributed by atoms with Gasteiger partial charge in [0.15, 0.2) is 5.49 Å². The number of fused-ring (bicyclic) bond motifs is 1. The Morgan fingerprint density at radius 1 is 0.923 bits per heavy atom. The molecule has 3 aromatic heterocycles. The summed E-state index contributed by atoms with van der Waals surface area (Å²) in [5.74, 6) is 0.850. The topological polar surface area (TPSA) is 42.8 Å². The molecule has 0 atom stereocenters. The van der Waals surface area contributed by atoms with Gasteiger partial charge >= 0.3 is 0 Å². The van der Waals surface area contributed by atoms with Crippen molar-refractivity contribution in [1.29, 1.82) is 0 Å². The molecule has 0 fully saturated rings. The maximum Gasteiger partial charge on any atom is 0.154 e. The number of hydrogen-bond donors (Lipinski definition) is 0. The van der Waals surface area contributed by atoms with Crippen molar-refractivity contribution >= 4 is 17.9 Å². The number of aryl methyl sites for hydroxylation is 2. The number of pyridine rings is 1. The van der Waals surface area contributed by atoms with Crippen LogP contribution in [-0.2, 0) is 19.4 Å². The fourth-order valence-electron chi connectivity index (χ4n) is 2.90. The maximum absolute atomic E-state index is 5.41. The van der Waals surface area contributed by atoms with E-state index in [9.17, 15) is 0 Å². The van der Waals surface area contributed by atoms with Crippen molar-refractivity contribution in [3.05, 3.63) is 102 Å². The highest BCUT2D eigenvalue weighted by molar-refractivity contribution is 5.85. The minimum absolute atomic E-state index is 0. The maximum atomic E-state index is 5.41. The van der Waals surface area contributed by atoms with Crippen LogP contribution in [-0.4, -0.2) is 9.38 Å². The van der Waals surface area contributed by atoms with Crippen LogP contribution in [0.15, 0.2) is 88.7 Å². The third kappa shape index (κ3) is 4.03. The van der Waals surface area contributed by atoms with E-state index in [1.165, 1.54) is 5.56 Å². The summed E-state index contributed by atoms with van der Waals surface area (Å²) in [5, 5.41) is 0. The Morgan fingerprint density at radius 2 is 1.77 bits per heavy atom. The number of hydrogen-bond acceptors (Lipinski definition) is 3. The number of halogens is 1. The smallest absolute Gasteiger partial charge is 0.154 e. The van der Waals surface area contributed by atoms with Gasteiger partial charge in [-0.05, 0) is 42.7 Å². The summed E-state index contributed by atoms with van der Waals surface area (Å²) in [6, 6.07) is 20.4. The van der Waals surface area contributed by atoms with E-state index in [0.717, 1.165) is 35.3 Å². The molecule has 1 aromatic carbocycles. The molecular formula is C21H20ClN3O. The summed E-state index contributed by atoms with van der Waals surface area (Å²) in [4.78, 5) is 9.47. The molecule has 3 heterocycles. The fraction of sp³-hybridized carbons (Fsp3) is 0.143. The van der Waals surface area contributed by atoms with E-state index in [0.29, 0.717) is 6.54 Å². The quantitative estimate of drug-likeness (QED) is 0.531. The SMILES string of the molecule is Cl.c1ccc(CCc2ncc3ccccn3c2=NCc2ccco2)cc1. The first kappa shape index (κ1) is 18.0. The lowest BCUT2D eigenvalue weighted by atomic mass is 10.1. The van der Waals surface area contributed by atoms with Crippen LogP contribution in [0.25, 0.3) is 5.52 Å².